The number of piperidine rings is 1. The highest BCUT2D eigenvalue weighted by Gasteiger charge is 2.26. The lowest BCUT2D eigenvalue weighted by molar-refractivity contribution is -0.125. The summed E-state index contributed by atoms with van der Waals surface area (Å²) in [6, 6.07) is 11.6. The topological polar surface area (TPSA) is 87.2 Å². The highest BCUT2D eigenvalue weighted by atomic mass is 32.2. The first-order valence-electron chi connectivity index (χ1n) is 10.5. The molecule has 1 atom stereocenters. The number of hydrogen-bond donors (Lipinski definition) is 2. The molecule has 1 aromatic carbocycles. The molecule has 0 radical (unpaired) electrons. The van der Waals surface area contributed by atoms with Crippen LogP contribution in [-0.2, 0) is 9.59 Å². The molecule has 2 N–H and O–H groups in total. The molecule has 2 amide bonds. The minimum Gasteiger partial charge on any atom is -0.356 e. The largest absolute Gasteiger partial charge is 0.356 e. The molecule has 0 bridgehead atoms. The van der Waals surface area contributed by atoms with Crippen LogP contribution in [0.15, 0.2) is 46.3 Å². The van der Waals surface area contributed by atoms with Gasteiger partial charge in [0.15, 0.2) is 5.82 Å². The van der Waals surface area contributed by atoms with Crippen LogP contribution in [0.25, 0.3) is 0 Å². The lowest BCUT2D eigenvalue weighted by Crippen LogP contribution is -2.43. The maximum atomic E-state index is 12.3. The van der Waals surface area contributed by atoms with Crippen LogP contribution in [0, 0.1) is 5.92 Å². The second kappa shape index (κ2) is 12.0. The van der Waals surface area contributed by atoms with Crippen LogP contribution in [0.4, 0.5) is 11.5 Å². The molecule has 0 saturated carbocycles. The van der Waals surface area contributed by atoms with Crippen LogP contribution < -0.4 is 15.5 Å². The zero-order valence-electron chi connectivity index (χ0n) is 18.0. The van der Waals surface area contributed by atoms with Crippen molar-refractivity contribution >= 4 is 46.8 Å². The van der Waals surface area contributed by atoms with Crippen LogP contribution >= 0.6 is 23.5 Å². The van der Waals surface area contributed by atoms with Crippen molar-refractivity contribution in [2.24, 2.45) is 5.92 Å². The van der Waals surface area contributed by atoms with Crippen LogP contribution in [0.1, 0.15) is 26.2 Å². The molecule has 1 saturated heterocycles. The zero-order valence-corrected chi connectivity index (χ0v) is 19.6. The molecule has 1 fully saturated rings. The Hall–Kier alpha value is -2.26. The van der Waals surface area contributed by atoms with Gasteiger partial charge in [-0.25, -0.2) is 0 Å². The van der Waals surface area contributed by atoms with Crippen LogP contribution in [0.3, 0.4) is 0 Å². The number of nitrogens with zero attached hydrogens (tertiary/aromatic N) is 3. The zero-order chi connectivity index (χ0) is 22.1. The van der Waals surface area contributed by atoms with E-state index in [4.69, 9.17) is 0 Å². The third-order valence-corrected chi connectivity index (χ3v) is 6.64. The number of nitrogens with one attached hydrogen (secondary N) is 2. The quantitative estimate of drug-likeness (QED) is 0.553. The van der Waals surface area contributed by atoms with Gasteiger partial charge in [-0.2, -0.15) is 0 Å². The van der Waals surface area contributed by atoms with E-state index in [1.165, 1.54) is 11.8 Å². The fourth-order valence-electron chi connectivity index (χ4n) is 3.39. The van der Waals surface area contributed by atoms with E-state index in [1.54, 1.807) is 11.8 Å². The van der Waals surface area contributed by atoms with Gasteiger partial charge in [-0.15, -0.1) is 22.0 Å². The first-order valence-corrected chi connectivity index (χ1v) is 12.7. The number of rotatable bonds is 9. The summed E-state index contributed by atoms with van der Waals surface area (Å²) in [4.78, 5) is 27.8. The van der Waals surface area contributed by atoms with Gasteiger partial charge in [0, 0.05) is 30.2 Å². The Balaban J connectivity index is 1.49. The lowest BCUT2D eigenvalue weighted by Gasteiger charge is -2.32. The van der Waals surface area contributed by atoms with Gasteiger partial charge >= 0.3 is 0 Å². The highest BCUT2D eigenvalue weighted by molar-refractivity contribution is 8.00. The molecule has 2 heterocycles. The van der Waals surface area contributed by atoms with E-state index in [2.05, 4.69) is 32.7 Å². The summed E-state index contributed by atoms with van der Waals surface area (Å²) in [7, 11) is 0. The fraction of sp³-hybridized carbons (Fsp3) is 0.455. The van der Waals surface area contributed by atoms with Gasteiger partial charge in [0.05, 0.1) is 11.7 Å². The fourth-order valence-corrected chi connectivity index (χ4v) is 4.46. The first kappa shape index (κ1) is 23.4. The Morgan fingerprint density at radius 2 is 2.10 bits per heavy atom. The summed E-state index contributed by atoms with van der Waals surface area (Å²) in [5.41, 5.74) is 0.793. The van der Waals surface area contributed by atoms with Gasteiger partial charge in [-0.3, -0.25) is 9.59 Å². The van der Waals surface area contributed by atoms with Crippen LogP contribution in [0.2, 0.25) is 0 Å². The van der Waals surface area contributed by atoms with Gasteiger partial charge in [0.25, 0.3) is 0 Å². The van der Waals surface area contributed by atoms with Gasteiger partial charge < -0.3 is 15.5 Å². The number of hydrogen-bond acceptors (Lipinski definition) is 7. The number of anilines is 2. The molecule has 1 aromatic heterocycles. The van der Waals surface area contributed by atoms with Gasteiger partial charge in [0.1, 0.15) is 5.03 Å². The van der Waals surface area contributed by atoms with E-state index in [1.807, 2.05) is 42.7 Å². The summed E-state index contributed by atoms with van der Waals surface area (Å²) in [5.74, 6) is 1.08. The van der Waals surface area contributed by atoms with E-state index >= 15 is 0 Å². The molecule has 1 aliphatic heterocycles. The van der Waals surface area contributed by atoms with E-state index in [0.29, 0.717) is 11.6 Å². The molecule has 31 heavy (non-hydrogen) atoms. The van der Waals surface area contributed by atoms with Crippen molar-refractivity contribution < 1.29 is 9.59 Å². The molecule has 166 valence electrons. The van der Waals surface area contributed by atoms with Crippen molar-refractivity contribution in [3.63, 3.8) is 0 Å². The summed E-state index contributed by atoms with van der Waals surface area (Å²) in [6.07, 6.45) is 4.81. The van der Waals surface area contributed by atoms with Gasteiger partial charge in [0.2, 0.25) is 11.8 Å². The Labute approximate surface area is 192 Å². The second-order valence-corrected chi connectivity index (χ2v) is 9.25. The maximum absolute atomic E-state index is 12.3. The molecule has 3 rings (SSSR count). The normalized spacial score (nSPS) is 16.1. The second-order valence-electron chi connectivity index (χ2n) is 7.37. The predicted octanol–water partition coefficient (Wildman–Crippen LogP) is 3.67. The number of carbonyl (C=O) groups is 2. The summed E-state index contributed by atoms with van der Waals surface area (Å²) in [6.45, 7) is 4.30. The Kier molecular flexibility index (Phi) is 9.02. The molecule has 0 spiro atoms. The van der Waals surface area contributed by atoms with Crippen molar-refractivity contribution in [2.75, 3.05) is 41.9 Å². The minimum absolute atomic E-state index is 0.00976. The first-order chi connectivity index (χ1) is 15.1. The molecular weight excluding hydrogens is 430 g/mol. The average molecular weight is 460 g/mol. The van der Waals surface area contributed by atoms with Crippen LogP contribution in [0.5, 0.6) is 0 Å². The van der Waals surface area contributed by atoms with Gasteiger partial charge in [-0.05, 0) is 55.9 Å². The number of thioether (sulfide) groups is 2. The molecule has 9 heteroatoms. The summed E-state index contributed by atoms with van der Waals surface area (Å²) in [5, 5.41) is 15.2. The van der Waals surface area contributed by atoms with E-state index in [-0.39, 0.29) is 23.5 Å². The highest BCUT2D eigenvalue weighted by Crippen LogP contribution is 2.24. The molecule has 7 nitrogen and oxygen atoms in total. The van der Waals surface area contributed by atoms with E-state index < -0.39 is 0 Å². The van der Waals surface area contributed by atoms with Crippen molar-refractivity contribution in [1.82, 2.24) is 15.5 Å². The molecule has 1 aliphatic rings. The summed E-state index contributed by atoms with van der Waals surface area (Å²) >= 11 is 2.99. The third kappa shape index (κ3) is 7.14. The van der Waals surface area contributed by atoms with Crippen molar-refractivity contribution in [1.29, 1.82) is 0 Å². The third-order valence-electron chi connectivity index (χ3n) is 5.00. The van der Waals surface area contributed by atoms with E-state index in [0.717, 1.165) is 48.8 Å². The standard InChI is InChI=1S/C22H29N5O2S2/c1-3-11-23-22(29)16-6-5-12-27(14-16)19-9-10-21(26-25-19)31-15-20(28)24-17-7-4-8-18(13-17)30-2/h4,7-10,13,16H,3,5-6,11-12,14-15H2,1-2H3,(H,23,29)(H,24,28)/t16-/m0/s1. The number of benzene rings is 1. The smallest absolute Gasteiger partial charge is 0.234 e. The molecule has 2 aromatic rings. The van der Waals surface area contributed by atoms with Crippen LogP contribution in [-0.4, -0.2) is 53.7 Å². The van der Waals surface area contributed by atoms with Crippen molar-refractivity contribution in [3.05, 3.63) is 36.4 Å². The molecular formula is C22H29N5O2S2. The average Bonchev–Trinajstić information content (AvgIpc) is 2.81. The molecule has 0 aliphatic carbocycles. The molecule has 0 unspecified atom stereocenters. The van der Waals surface area contributed by atoms with Gasteiger partial charge in [-0.1, -0.05) is 24.8 Å². The monoisotopic (exact) mass is 459 g/mol. The van der Waals surface area contributed by atoms with Crippen molar-refractivity contribution in [2.45, 2.75) is 36.1 Å². The van der Waals surface area contributed by atoms with Crippen molar-refractivity contribution in [3.8, 4) is 0 Å². The number of aromatic nitrogens is 2. The number of carbonyl (C=O) groups excluding carboxylic acids is 2. The number of amides is 2. The Morgan fingerprint density at radius 1 is 1.23 bits per heavy atom. The van der Waals surface area contributed by atoms with E-state index in [9.17, 15) is 9.59 Å². The maximum Gasteiger partial charge on any atom is 0.234 e. The lowest BCUT2D eigenvalue weighted by atomic mass is 9.97. The predicted molar refractivity (Wildman–Crippen MR) is 128 cm³/mol. The SMILES string of the molecule is CCCNC(=O)[C@H]1CCCN(c2ccc(SCC(=O)Nc3cccc(SC)c3)nn2)C1. The Bertz CT molecular complexity index is 878. The summed E-state index contributed by atoms with van der Waals surface area (Å²) < 4.78 is 0. The Morgan fingerprint density at radius 3 is 2.84 bits per heavy atom. The minimum atomic E-state index is -0.0777.